The number of aromatic nitrogens is 1. The molecule has 1 N–H and O–H groups in total. The van der Waals surface area contributed by atoms with Crippen LogP contribution in [0.3, 0.4) is 0 Å². The molecule has 1 saturated heterocycles. The molecule has 0 saturated carbocycles. The van der Waals surface area contributed by atoms with Gasteiger partial charge in [0.05, 0.1) is 15.5 Å². The van der Waals surface area contributed by atoms with Crippen LogP contribution in [-0.4, -0.2) is 38.7 Å². The largest absolute Gasteiger partial charge is 0.357 e. The van der Waals surface area contributed by atoms with Gasteiger partial charge in [0.15, 0.2) is 9.84 Å². The number of hydrogen-bond donors (Lipinski definition) is 1. The van der Waals surface area contributed by atoms with Crippen LogP contribution in [-0.2, 0) is 16.4 Å². The highest BCUT2D eigenvalue weighted by atomic mass is 35.5. The maximum atomic E-state index is 12.5. The van der Waals surface area contributed by atoms with E-state index in [1.54, 1.807) is 6.20 Å². The Balaban J connectivity index is 1.71. The molecule has 2 heterocycles. The molecule has 1 aliphatic heterocycles. The summed E-state index contributed by atoms with van der Waals surface area (Å²) in [5, 5.41) is 3.01. The lowest BCUT2D eigenvalue weighted by molar-refractivity contribution is 0.0951. The van der Waals surface area contributed by atoms with Gasteiger partial charge in [-0.1, -0.05) is 11.6 Å². The first-order valence-electron chi connectivity index (χ1n) is 8.82. The zero-order valence-electron chi connectivity index (χ0n) is 15.1. The van der Waals surface area contributed by atoms with E-state index in [4.69, 9.17) is 11.6 Å². The minimum absolute atomic E-state index is 0.0633. The number of anilines is 1. The molecule has 0 unspecified atom stereocenters. The van der Waals surface area contributed by atoms with Gasteiger partial charge in [0.25, 0.3) is 5.91 Å². The van der Waals surface area contributed by atoms with E-state index in [0.717, 1.165) is 43.6 Å². The predicted octanol–water partition coefficient (Wildman–Crippen LogP) is 3.06. The van der Waals surface area contributed by atoms with Crippen molar-refractivity contribution in [2.24, 2.45) is 0 Å². The van der Waals surface area contributed by atoms with Crippen LogP contribution in [0.5, 0.6) is 0 Å². The van der Waals surface area contributed by atoms with Crippen molar-refractivity contribution in [2.75, 3.05) is 24.2 Å². The Morgan fingerprint density at radius 3 is 2.63 bits per heavy atom. The molecule has 8 heteroatoms. The summed E-state index contributed by atoms with van der Waals surface area (Å²) in [4.78, 5) is 19.2. The lowest BCUT2D eigenvalue weighted by atomic mass is 10.1. The quantitative estimate of drug-likeness (QED) is 0.823. The average molecular weight is 408 g/mol. The summed E-state index contributed by atoms with van der Waals surface area (Å²) >= 11 is 6.08. The molecule has 144 valence electrons. The van der Waals surface area contributed by atoms with Crippen LogP contribution in [0.15, 0.2) is 41.4 Å². The molecule has 0 radical (unpaired) electrons. The Morgan fingerprint density at radius 2 is 1.93 bits per heavy atom. The van der Waals surface area contributed by atoms with Gasteiger partial charge >= 0.3 is 0 Å². The summed E-state index contributed by atoms with van der Waals surface area (Å²) in [6.07, 6.45) is 6.41. The summed E-state index contributed by atoms with van der Waals surface area (Å²) in [6, 6.07) is 7.94. The number of hydrogen-bond acceptors (Lipinski definition) is 5. The number of pyridine rings is 1. The van der Waals surface area contributed by atoms with E-state index >= 15 is 0 Å². The molecular weight excluding hydrogens is 386 g/mol. The SMILES string of the molecule is CS(=O)(=O)c1ccc(Cl)c(C(=O)NCc2ccnc(N3CCCCC3)c2)c1. The van der Waals surface area contributed by atoms with Crippen molar-refractivity contribution in [1.29, 1.82) is 0 Å². The van der Waals surface area contributed by atoms with Crippen LogP contribution in [0.1, 0.15) is 35.2 Å². The zero-order chi connectivity index (χ0) is 19.4. The van der Waals surface area contributed by atoms with Crippen LogP contribution >= 0.6 is 11.6 Å². The van der Waals surface area contributed by atoms with E-state index in [0.29, 0.717) is 6.54 Å². The monoisotopic (exact) mass is 407 g/mol. The topological polar surface area (TPSA) is 79.4 Å². The van der Waals surface area contributed by atoms with Crippen LogP contribution in [0, 0.1) is 0 Å². The molecule has 1 fully saturated rings. The number of carbonyl (C=O) groups is 1. The van der Waals surface area contributed by atoms with Crippen molar-refractivity contribution in [3.63, 3.8) is 0 Å². The summed E-state index contributed by atoms with van der Waals surface area (Å²) in [5.41, 5.74) is 1.07. The van der Waals surface area contributed by atoms with Gasteiger partial charge in [-0.25, -0.2) is 13.4 Å². The third kappa shape index (κ3) is 4.99. The number of carbonyl (C=O) groups excluding carboxylic acids is 1. The number of sulfone groups is 1. The number of benzene rings is 1. The lowest BCUT2D eigenvalue weighted by Gasteiger charge is -2.27. The first-order chi connectivity index (χ1) is 12.8. The fourth-order valence-electron chi connectivity index (χ4n) is 3.05. The van der Waals surface area contributed by atoms with Crippen molar-refractivity contribution in [3.05, 3.63) is 52.7 Å². The minimum Gasteiger partial charge on any atom is -0.357 e. The Labute approximate surface area is 164 Å². The number of amides is 1. The average Bonchev–Trinajstić information content (AvgIpc) is 2.66. The molecular formula is C19H22ClN3O3S. The van der Waals surface area contributed by atoms with Gasteiger partial charge in [-0.3, -0.25) is 4.79 Å². The normalized spacial score (nSPS) is 14.8. The first kappa shape index (κ1) is 19.6. The van der Waals surface area contributed by atoms with Gasteiger partial charge in [-0.15, -0.1) is 0 Å². The maximum Gasteiger partial charge on any atom is 0.253 e. The second-order valence-electron chi connectivity index (χ2n) is 6.67. The Kier molecular flexibility index (Phi) is 6.01. The minimum atomic E-state index is -3.41. The molecule has 0 spiro atoms. The molecule has 1 aliphatic rings. The highest BCUT2D eigenvalue weighted by molar-refractivity contribution is 7.90. The fourth-order valence-corrected chi connectivity index (χ4v) is 3.90. The Hall–Kier alpha value is -2.12. The van der Waals surface area contributed by atoms with Gasteiger partial charge in [0, 0.05) is 32.1 Å². The molecule has 3 rings (SSSR count). The molecule has 0 atom stereocenters. The molecule has 1 aromatic heterocycles. The summed E-state index contributed by atoms with van der Waals surface area (Å²) in [5.74, 6) is 0.500. The molecule has 0 bridgehead atoms. The van der Waals surface area contributed by atoms with Crippen molar-refractivity contribution in [2.45, 2.75) is 30.7 Å². The van der Waals surface area contributed by atoms with E-state index < -0.39 is 15.7 Å². The highest BCUT2D eigenvalue weighted by Crippen LogP contribution is 2.21. The van der Waals surface area contributed by atoms with Crippen LogP contribution in [0.2, 0.25) is 5.02 Å². The predicted molar refractivity (Wildman–Crippen MR) is 106 cm³/mol. The lowest BCUT2D eigenvalue weighted by Crippen LogP contribution is -2.30. The molecule has 1 aromatic carbocycles. The second-order valence-corrected chi connectivity index (χ2v) is 9.09. The van der Waals surface area contributed by atoms with Gasteiger partial charge in [-0.2, -0.15) is 0 Å². The zero-order valence-corrected chi connectivity index (χ0v) is 16.7. The summed E-state index contributed by atoms with van der Waals surface area (Å²) in [7, 11) is -3.41. The van der Waals surface area contributed by atoms with Crippen molar-refractivity contribution >= 4 is 33.2 Å². The highest BCUT2D eigenvalue weighted by Gasteiger charge is 2.16. The molecule has 27 heavy (non-hydrogen) atoms. The first-order valence-corrected chi connectivity index (χ1v) is 11.1. The van der Waals surface area contributed by atoms with Crippen LogP contribution < -0.4 is 10.2 Å². The van der Waals surface area contributed by atoms with E-state index in [-0.39, 0.29) is 15.5 Å². The van der Waals surface area contributed by atoms with E-state index in [1.807, 2.05) is 12.1 Å². The third-order valence-electron chi connectivity index (χ3n) is 4.55. The molecule has 0 aliphatic carbocycles. The van der Waals surface area contributed by atoms with Gasteiger partial charge in [0.2, 0.25) is 0 Å². The van der Waals surface area contributed by atoms with Gasteiger partial charge < -0.3 is 10.2 Å². The smallest absolute Gasteiger partial charge is 0.253 e. The number of nitrogens with zero attached hydrogens (tertiary/aromatic N) is 2. The molecule has 6 nitrogen and oxygen atoms in total. The van der Waals surface area contributed by atoms with E-state index in [9.17, 15) is 13.2 Å². The summed E-state index contributed by atoms with van der Waals surface area (Å²) < 4.78 is 23.4. The second kappa shape index (κ2) is 8.27. The van der Waals surface area contributed by atoms with Gasteiger partial charge in [-0.05, 0) is 55.2 Å². The third-order valence-corrected chi connectivity index (χ3v) is 5.99. The summed E-state index contributed by atoms with van der Waals surface area (Å²) in [6.45, 7) is 2.30. The number of rotatable bonds is 5. The maximum absolute atomic E-state index is 12.5. The standard InChI is InChI=1S/C19H22ClN3O3S/c1-27(25,26)15-5-6-17(20)16(12-15)19(24)22-13-14-7-8-21-18(11-14)23-9-3-2-4-10-23/h5-8,11-12H,2-4,9-10,13H2,1H3,(H,22,24). The Bertz CT molecular complexity index is 941. The van der Waals surface area contributed by atoms with Crippen molar-refractivity contribution in [1.82, 2.24) is 10.3 Å². The van der Waals surface area contributed by atoms with Crippen molar-refractivity contribution in [3.8, 4) is 0 Å². The fraction of sp³-hybridized carbons (Fsp3) is 0.368. The molecule has 2 aromatic rings. The van der Waals surface area contributed by atoms with Crippen LogP contribution in [0.4, 0.5) is 5.82 Å². The number of nitrogens with one attached hydrogen (secondary N) is 1. The van der Waals surface area contributed by atoms with E-state index in [2.05, 4.69) is 15.2 Å². The van der Waals surface area contributed by atoms with Gasteiger partial charge in [0.1, 0.15) is 5.82 Å². The van der Waals surface area contributed by atoms with Crippen LogP contribution in [0.25, 0.3) is 0 Å². The molecule has 1 amide bonds. The van der Waals surface area contributed by atoms with Crippen molar-refractivity contribution < 1.29 is 13.2 Å². The Morgan fingerprint density at radius 1 is 1.19 bits per heavy atom. The van der Waals surface area contributed by atoms with E-state index in [1.165, 1.54) is 24.6 Å². The number of piperidine rings is 1. The number of halogens is 1.